The molecule has 0 spiro atoms. The number of aromatic nitrogens is 2. The second kappa shape index (κ2) is 6.34. The normalized spacial score (nSPS) is 20.9. The van der Waals surface area contributed by atoms with Gasteiger partial charge in [0.05, 0.1) is 11.6 Å². The van der Waals surface area contributed by atoms with Crippen LogP contribution in [0.15, 0.2) is 16.0 Å². The first kappa shape index (κ1) is 15.3. The molecule has 1 amide bonds. The maximum Gasteiger partial charge on any atom is 0.292 e. The Kier molecular flexibility index (Phi) is 4.04. The second-order valence-electron chi connectivity index (χ2n) is 6.25. The average molecular weight is 343 g/mol. The third-order valence-electron chi connectivity index (χ3n) is 4.35. The van der Waals surface area contributed by atoms with Gasteiger partial charge in [0.1, 0.15) is 6.07 Å². The van der Waals surface area contributed by atoms with E-state index in [1.165, 1.54) is 0 Å². The summed E-state index contributed by atoms with van der Waals surface area (Å²) in [6.45, 7) is 1.69. The Labute approximate surface area is 143 Å². The molecule has 0 bridgehead atoms. The molecule has 4 rings (SSSR count). The number of amides is 1. The van der Waals surface area contributed by atoms with E-state index in [0.717, 1.165) is 43.6 Å². The highest BCUT2D eigenvalue weighted by molar-refractivity contribution is 7.10. The second-order valence-corrected chi connectivity index (χ2v) is 7.24. The molecule has 1 aliphatic carbocycles. The lowest BCUT2D eigenvalue weighted by molar-refractivity contribution is 0.0937. The van der Waals surface area contributed by atoms with Crippen molar-refractivity contribution in [1.29, 1.82) is 5.26 Å². The maximum absolute atomic E-state index is 12.0. The number of carbonyl (C=O) groups is 1. The predicted octanol–water partition coefficient (Wildman–Crippen LogP) is 2.23. The van der Waals surface area contributed by atoms with Crippen LogP contribution in [0.2, 0.25) is 0 Å². The number of carbonyl (C=O) groups excluding carboxylic acids is 1. The van der Waals surface area contributed by atoms with Gasteiger partial charge in [0, 0.05) is 22.8 Å². The predicted molar refractivity (Wildman–Crippen MR) is 86.2 cm³/mol. The smallest absolute Gasteiger partial charge is 0.292 e. The Morgan fingerprint density at radius 1 is 1.50 bits per heavy atom. The molecule has 2 aromatic rings. The minimum atomic E-state index is -0.256. The lowest BCUT2D eigenvalue weighted by atomic mass is 10.2. The van der Waals surface area contributed by atoms with Gasteiger partial charge in [-0.05, 0) is 38.3 Å². The summed E-state index contributed by atoms with van der Waals surface area (Å²) in [4.78, 5) is 19.7. The fraction of sp³-hybridized carbons (Fsp3) is 0.500. The number of thiophene rings is 1. The van der Waals surface area contributed by atoms with Crippen LogP contribution in [-0.2, 0) is 6.54 Å². The molecule has 1 saturated carbocycles. The van der Waals surface area contributed by atoms with Crippen molar-refractivity contribution >= 4 is 17.2 Å². The Balaban J connectivity index is 1.45. The topological polar surface area (TPSA) is 95.0 Å². The van der Waals surface area contributed by atoms with E-state index in [1.807, 2.05) is 11.4 Å². The molecule has 124 valence electrons. The zero-order valence-corrected chi connectivity index (χ0v) is 13.9. The van der Waals surface area contributed by atoms with Gasteiger partial charge < -0.3 is 9.84 Å². The van der Waals surface area contributed by atoms with Crippen LogP contribution in [0.5, 0.6) is 0 Å². The summed E-state index contributed by atoms with van der Waals surface area (Å²) in [5, 5.41) is 17.5. The number of likely N-dealkylation sites (tertiary alicyclic amines) is 1. The summed E-state index contributed by atoms with van der Waals surface area (Å²) < 4.78 is 5.35. The van der Waals surface area contributed by atoms with Crippen LogP contribution in [0.3, 0.4) is 0 Å². The maximum atomic E-state index is 12.0. The molecule has 0 radical (unpaired) electrons. The van der Waals surface area contributed by atoms with E-state index in [1.54, 1.807) is 11.3 Å². The van der Waals surface area contributed by atoms with E-state index in [9.17, 15) is 4.79 Å². The van der Waals surface area contributed by atoms with E-state index >= 15 is 0 Å². The van der Waals surface area contributed by atoms with Gasteiger partial charge in [0.2, 0.25) is 5.89 Å². The summed E-state index contributed by atoms with van der Waals surface area (Å²) in [7, 11) is 0. The van der Waals surface area contributed by atoms with Crippen molar-refractivity contribution in [3.05, 3.63) is 33.6 Å². The molecule has 7 nitrogen and oxygen atoms in total. The van der Waals surface area contributed by atoms with Crippen LogP contribution in [0, 0.1) is 11.3 Å². The zero-order valence-electron chi connectivity index (χ0n) is 13.1. The van der Waals surface area contributed by atoms with E-state index in [4.69, 9.17) is 9.78 Å². The molecule has 1 aliphatic heterocycles. The van der Waals surface area contributed by atoms with Crippen molar-refractivity contribution in [2.75, 3.05) is 6.54 Å². The summed E-state index contributed by atoms with van der Waals surface area (Å²) in [5.41, 5.74) is 0.697. The van der Waals surface area contributed by atoms with Crippen LogP contribution in [-0.4, -0.2) is 33.5 Å². The van der Waals surface area contributed by atoms with Gasteiger partial charge in [-0.1, -0.05) is 5.16 Å². The summed E-state index contributed by atoms with van der Waals surface area (Å²) >= 11 is 1.59. The molecular formula is C16H17N5O2S. The monoisotopic (exact) mass is 343 g/mol. The fourth-order valence-electron chi connectivity index (χ4n) is 2.96. The number of rotatable bonds is 5. The standard InChI is InChI=1S/C16H17N5O2S/c17-7-10-6-12(24-9-10)8-21-5-1-2-13(21)16-19-14(20-23-16)15(22)18-11-3-4-11/h6,9,11,13H,1-5,8H2,(H,18,22). The van der Waals surface area contributed by atoms with Crippen molar-refractivity contribution in [2.45, 2.75) is 44.3 Å². The molecular weight excluding hydrogens is 326 g/mol. The summed E-state index contributed by atoms with van der Waals surface area (Å²) in [5.74, 6) is 0.367. The molecule has 1 atom stereocenters. The van der Waals surface area contributed by atoms with Crippen LogP contribution < -0.4 is 5.32 Å². The van der Waals surface area contributed by atoms with Crippen LogP contribution >= 0.6 is 11.3 Å². The van der Waals surface area contributed by atoms with E-state index in [-0.39, 0.29) is 23.8 Å². The first-order valence-corrected chi connectivity index (χ1v) is 8.97. The molecule has 0 aromatic carbocycles. The Morgan fingerprint density at radius 2 is 2.38 bits per heavy atom. The van der Waals surface area contributed by atoms with Gasteiger partial charge in [-0.25, -0.2) is 0 Å². The molecule has 2 aromatic heterocycles. The van der Waals surface area contributed by atoms with Crippen LogP contribution in [0.1, 0.15) is 58.7 Å². The first-order chi connectivity index (χ1) is 11.7. The van der Waals surface area contributed by atoms with Crippen molar-refractivity contribution in [2.24, 2.45) is 0 Å². The fourth-order valence-corrected chi connectivity index (χ4v) is 3.79. The minimum absolute atomic E-state index is 0.0348. The lowest BCUT2D eigenvalue weighted by Gasteiger charge is -2.20. The van der Waals surface area contributed by atoms with Crippen molar-refractivity contribution in [3.63, 3.8) is 0 Å². The Bertz CT molecular complexity index is 788. The molecule has 24 heavy (non-hydrogen) atoms. The largest absolute Gasteiger partial charge is 0.346 e. The highest BCUT2D eigenvalue weighted by Crippen LogP contribution is 2.33. The SMILES string of the molecule is N#Cc1csc(CN2CCCC2c2nc(C(=O)NC3CC3)no2)c1. The Hall–Kier alpha value is -2.24. The van der Waals surface area contributed by atoms with Crippen molar-refractivity contribution in [1.82, 2.24) is 20.4 Å². The molecule has 1 unspecified atom stereocenters. The minimum Gasteiger partial charge on any atom is -0.346 e. The van der Waals surface area contributed by atoms with Gasteiger partial charge in [-0.2, -0.15) is 10.2 Å². The van der Waals surface area contributed by atoms with E-state index in [2.05, 4.69) is 26.4 Å². The molecule has 2 aliphatic rings. The highest BCUT2D eigenvalue weighted by atomic mass is 32.1. The number of nitriles is 1. The molecule has 1 saturated heterocycles. The van der Waals surface area contributed by atoms with Crippen molar-refractivity contribution < 1.29 is 9.32 Å². The van der Waals surface area contributed by atoms with E-state index < -0.39 is 0 Å². The quantitative estimate of drug-likeness (QED) is 0.894. The number of hydrogen-bond acceptors (Lipinski definition) is 7. The lowest BCUT2D eigenvalue weighted by Crippen LogP contribution is -2.26. The van der Waals surface area contributed by atoms with Crippen molar-refractivity contribution in [3.8, 4) is 6.07 Å². The summed E-state index contributed by atoms with van der Waals surface area (Å²) in [6.07, 6.45) is 4.03. The van der Waals surface area contributed by atoms with Crippen LogP contribution in [0.25, 0.3) is 0 Å². The number of hydrogen-bond donors (Lipinski definition) is 1. The van der Waals surface area contributed by atoms with Crippen LogP contribution in [0.4, 0.5) is 0 Å². The summed E-state index contributed by atoms with van der Waals surface area (Å²) in [6, 6.07) is 4.39. The number of nitrogens with one attached hydrogen (secondary N) is 1. The molecule has 8 heteroatoms. The number of nitrogens with zero attached hydrogens (tertiary/aromatic N) is 4. The van der Waals surface area contributed by atoms with Gasteiger partial charge >= 0.3 is 0 Å². The third kappa shape index (κ3) is 3.18. The zero-order chi connectivity index (χ0) is 16.5. The first-order valence-electron chi connectivity index (χ1n) is 8.09. The molecule has 2 fully saturated rings. The van der Waals surface area contributed by atoms with Gasteiger partial charge in [-0.15, -0.1) is 11.3 Å². The Morgan fingerprint density at radius 3 is 3.12 bits per heavy atom. The molecule has 1 N–H and O–H groups in total. The highest BCUT2D eigenvalue weighted by Gasteiger charge is 2.32. The average Bonchev–Trinajstić information content (AvgIpc) is 3.01. The molecule has 3 heterocycles. The third-order valence-corrected chi connectivity index (χ3v) is 5.27. The van der Waals surface area contributed by atoms with Gasteiger partial charge in [0.25, 0.3) is 11.7 Å². The van der Waals surface area contributed by atoms with Gasteiger partial charge in [0.15, 0.2) is 0 Å². The van der Waals surface area contributed by atoms with E-state index in [0.29, 0.717) is 11.5 Å². The van der Waals surface area contributed by atoms with Gasteiger partial charge in [-0.3, -0.25) is 9.69 Å².